The maximum Gasteiger partial charge on any atom is 0.0556 e. The highest BCUT2D eigenvalue weighted by atomic mass is 16.3. The molecule has 0 spiro atoms. The lowest BCUT2D eigenvalue weighted by molar-refractivity contribution is 0.283. The fraction of sp³-hybridized carbons (Fsp3) is 0.455. The van der Waals surface area contributed by atoms with E-state index in [0.29, 0.717) is 12.6 Å². The van der Waals surface area contributed by atoms with Crippen molar-refractivity contribution in [3.05, 3.63) is 35.4 Å². The van der Waals surface area contributed by atoms with Gasteiger partial charge in [-0.15, -0.1) is 0 Å². The van der Waals surface area contributed by atoms with Crippen molar-refractivity contribution >= 4 is 0 Å². The van der Waals surface area contributed by atoms with E-state index in [-0.39, 0.29) is 12.6 Å². The summed E-state index contributed by atoms with van der Waals surface area (Å²) in [4.78, 5) is 0. The molecule has 0 fully saturated rings. The number of fused-ring (bicyclic) bond motifs is 1. The number of aliphatic hydroxyl groups is 1. The monoisotopic (exact) mass is 192 g/mol. The van der Waals surface area contributed by atoms with E-state index in [1.807, 2.05) is 12.1 Å². The zero-order valence-corrected chi connectivity index (χ0v) is 8.11. The van der Waals surface area contributed by atoms with Crippen molar-refractivity contribution in [2.45, 2.75) is 18.5 Å². The fourth-order valence-electron chi connectivity index (χ4n) is 2.11. The Morgan fingerprint density at radius 2 is 2.07 bits per heavy atom. The Balaban J connectivity index is 2.17. The van der Waals surface area contributed by atoms with Crippen molar-refractivity contribution in [2.24, 2.45) is 5.73 Å². The summed E-state index contributed by atoms with van der Waals surface area (Å²) in [6.45, 7) is 0.805. The summed E-state index contributed by atoms with van der Waals surface area (Å²) in [5.41, 5.74) is 8.53. The average molecular weight is 192 g/mol. The third-order valence-electron chi connectivity index (χ3n) is 2.76. The van der Waals surface area contributed by atoms with E-state index in [0.717, 1.165) is 6.42 Å². The van der Waals surface area contributed by atoms with Crippen molar-refractivity contribution in [1.29, 1.82) is 0 Å². The SMILES string of the molecule is NC1CC(NCCO)c2ccccc21. The van der Waals surface area contributed by atoms with Crippen LogP contribution in [-0.4, -0.2) is 18.3 Å². The highest BCUT2D eigenvalue weighted by Gasteiger charge is 2.27. The molecule has 0 saturated heterocycles. The quantitative estimate of drug-likeness (QED) is 0.661. The molecule has 0 heterocycles. The number of nitrogens with two attached hydrogens (primary N) is 1. The van der Waals surface area contributed by atoms with Crippen LogP contribution in [0, 0.1) is 0 Å². The third-order valence-corrected chi connectivity index (χ3v) is 2.76. The van der Waals surface area contributed by atoms with Crippen LogP contribution in [0.4, 0.5) is 0 Å². The zero-order valence-electron chi connectivity index (χ0n) is 8.11. The highest BCUT2D eigenvalue weighted by Crippen LogP contribution is 2.36. The number of benzene rings is 1. The van der Waals surface area contributed by atoms with Gasteiger partial charge in [0.25, 0.3) is 0 Å². The van der Waals surface area contributed by atoms with Crippen LogP contribution in [0.15, 0.2) is 24.3 Å². The summed E-state index contributed by atoms with van der Waals surface area (Å²) in [6.07, 6.45) is 0.930. The topological polar surface area (TPSA) is 58.3 Å². The molecule has 0 radical (unpaired) electrons. The first-order valence-electron chi connectivity index (χ1n) is 5.01. The van der Waals surface area contributed by atoms with Gasteiger partial charge in [-0.1, -0.05) is 24.3 Å². The molecule has 2 atom stereocenters. The summed E-state index contributed by atoms with van der Waals surface area (Å²) in [5.74, 6) is 0. The van der Waals surface area contributed by atoms with E-state index in [4.69, 9.17) is 10.8 Å². The molecular formula is C11H16N2O. The number of rotatable bonds is 3. The van der Waals surface area contributed by atoms with Crippen LogP contribution >= 0.6 is 0 Å². The number of aliphatic hydroxyl groups excluding tert-OH is 1. The Morgan fingerprint density at radius 3 is 2.79 bits per heavy atom. The first-order chi connectivity index (χ1) is 6.83. The normalized spacial score (nSPS) is 25.0. The number of hydrogen-bond donors (Lipinski definition) is 3. The molecular weight excluding hydrogens is 176 g/mol. The zero-order chi connectivity index (χ0) is 9.97. The Hall–Kier alpha value is -0.900. The van der Waals surface area contributed by atoms with Gasteiger partial charge in [-0.25, -0.2) is 0 Å². The summed E-state index contributed by atoms with van der Waals surface area (Å²) in [5, 5.41) is 12.0. The van der Waals surface area contributed by atoms with Gasteiger partial charge in [0, 0.05) is 18.6 Å². The van der Waals surface area contributed by atoms with Crippen LogP contribution in [0.25, 0.3) is 0 Å². The smallest absolute Gasteiger partial charge is 0.0556 e. The molecule has 76 valence electrons. The van der Waals surface area contributed by atoms with Crippen molar-refractivity contribution in [2.75, 3.05) is 13.2 Å². The maximum atomic E-state index is 8.75. The van der Waals surface area contributed by atoms with Gasteiger partial charge in [-0.2, -0.15) is 0 Å². The van der Waals surface area contributed by atoms with Gasteiger partial charge in [0.1, 0.15) is 0 Å². The van der Waals surface area contributed by atoms with Crippen LogP contribution < -0.4 is 11.1 Å². The largest absolute Gasteiger partial charge is 0.395 e. The van der Waals surface area contributed by atoms with Crippen molar-refractivity contribution in [3.8, 4) is 0 Å². The van der Waals surface area contributed by atoms with Crippen molar-refractivity contribution < 1.29 is 5.11 Å². The van der Waals surface area contributed by atoms with E-state index >= 15 is 0 Å². The van der Waals surface area contributed by atoms with Crippen LogP contribution in [0.5, 0.6) is 0 Å². The Morgan fingerprint density at radius 1 is 1.36 bits per heavy atom. The van der Waals surface area contributed by atoms with E-state index in [1.165, 1.54) is 11.1 Å². The second kappa shape index (κ2) is 4.09. The summed E-state index contributed by atoms with van der Waals surface area (Å²) in [7, 11) is 0. The van der Waals surface area contributed by atoms with E-state index < -0.39 is 0 Å². The Labute approximate surface area is 83.9 Å². The van der Waals surface area contributed by atoms with Crippen molar-refractivity contribution in [1.82, 2.24) is 5.32 Å². The van der Waals surface area contributed by atoms with Gasteiger partial charge < -0.3 is 16.2 Å². The van der Waals surface area contributed by atoms with E-state index in [1.54, 1.807) is 0 Å². The predicted molar refractivity (Wildman–Crippen MR) is 55.8 cm³/mol. The lowest BCUT2D eigenvalue weighted by atomic mass is 10.1. The fourth-order valence-corrected chi connectivity index (χ4v) is 2.11. The summed E-state index contributed by atoms with van der Waals surface area (Å²) >= 11 is 0. The minimum absolute atomic E-state index is 0.141. The lowest BCUT2D eigenvalue weighted by Gasteiger charge is -2.12. The molecule has 3 heteroatoms. The average Bonchev–Trinajstić information content (AvgIpc) is 2.54. The van der Waals surface area contributed by atoms with Crippen LogP contribution in [0.1, 0.15) is 29.6 Å². The second-order valence-electron chi connectivity index (χ2n) is 3.70. The van der Waals surface area contributed by atoms with Gasteiger partial charge >= 0.3 is 0 Å². The summed E-state index contributed by atoms with van der Waals surface area (Å²) in [6, 6.07) is 8.70. The number of nitrogens with one attached hydrogen (secondary N) is 1. The molecule has 0 aliphatic heterocycles. The molecule has 2 unspecified atom stereocenters. The standard InChI is InChI=1S/C11H16N2O/c12-10-7-11(13-5-6-14)9-4-2-1-3-8(9)10/h1-4,10-11,13-14H,5-7,12H2. The second-order valence-corrected chi connectivity index (χ2v) is 3.70. The molecule has 0 amide bonds. The summed E-state index contributed by atoms with van der Waals surface area (Å²) < 4.78 is 0. The lowest BCUT2D eigenvalue weighted by Crippen LogP contribution is -2.23. The van der Waals surface area contributed by atoms with Gasteiger partial charge in [0.2, 0.25) is 0 Å². The van der Waals surface area contributed by atoms with E-state index in [2.05, 4.69) is 17.4 Å². The van der Waals surface area contributed by atoms with E-state index in [9.17, 15) is 0 Å². The van der Waals surface area contributed by atoms with Crippen LogP contribution in [0.2, 0.25) is 0 Å². The first kappa shape index (κ1) is 9.65. The molecule has 1 aromatic carbocycles. The maximum absolute atomic E-state index is 8.75. The van der Waals surface area contributed by atoms with Gasteiger partial charge in [0.15, 0.2) is 0 Å². The molecule has 2 rings (SSSR count). The molecule has 14 heavy (non-hydrogen) atoms. The number of hydrogen-bond acceptors (Lipinski definition) is 3. The van der Waals surface area contributed by atoms with Gasteiger partial charge in [-0.3, -0.25) is 0 Å². The third kappa shape index (κ3) is 1.66. The minimum atomic E-state index is 0.141. The molecule has 1 aliphatic carbocycles. The van der Waals surface area contributed by atoms with Gasteiger partial charge in [-0.05, 0) is 17.5 Å². The molecule has 4 N–H and O–H groups in total. The Bertz CT molecular complexity index is 314. The van der Waals surface area contributed by atoms with Crippen LogP contribution in [-0.2, 0) is 0 Å². The predicted octanol–water partition coefficient (Wildman–Crippen LogP) is 0.713. The molecule has 1 aromatic rings. The highest BCUT2D eigenvalue weighted by molar-refractivity contribution is 5.37. The minimum Gasteiger partial charge on any atom is -0.395 e. The Kier molecular flexibility index (Phi) is 2.82. The molecule has 3 nitrogen and oxygen atoms in total. The molecule has 1 aliphatic rings. The van der Waals surface area contributed by atoms with Crippen LogP contribution in [0.3, 0.4) is 0 Å². The van der Waals surface area contributed by atoms with Gasteiger partial charge in [0.05, 0.1) is 6.61 Å². The molecule has 0 bridgehead atoms. The molecule has 0 aromatic heterocycles. The first-order valence-corrected chi connectivity index (χ1v) is 5.01. The van der Waals surface area contributed by atoms with Crippen molar-refractivity contribution in [3.63, 3.8) is 0 Å². The molecule has 0 saturated carbocycles.